The number of allylic oxidation sites excluding steroid dienone is 9. The highest BCUT2D eigenvalue weighted by molar-refractivity contribution is 5.76. The number of carbonyl (C=O) groups is 2. The second kappa shape index (κ2) is 66.1. The number of carbonyl (C=O) groups excluding carboxylic acids is 2. The molecule has 0 aliphatic heterocycles. The number of nitrogens with one attached hydrogen (secondary N) is 1. The van der Waals surface area contributed by atoms with Gasteiger partial charge in [-0.1, -0.05) is 306 Å². The van der Waals surface area contributed by atoms with Crippen LogP contribution in [0.15, 0.2) is 60.8 Å². The highest BCUT2D eigenvalue weighted by atomic mass is 16.5. The second-order valence-corrected chi connectivity index (χ2v) is 23.1. The van der Waals surface area contributed by atoms with Crippen LogP contribution < -0.4 is 5.32 Å². The first-order chi connectivity index (χ1) is 38.0. The van der Waals surface area contributed by atoms with Gasteiger partial charge in [0.15, 0.2) is 0 Å². The molecule has 0 saturated carbocycles. The molecule has 0 bridgehead atoms. The molecule has 77 heavy (non-hydrogen) atoms. The predicted molar refractivity (Wildman–Crippen MR) is 338 cm³/mol. The van der Waals surface area contributed by atoms with Crippen LogP contribution in [0.3, 0.4) is 0 Å². The van der Waals surface area contributed by atoms with Gasteiger partial charge < -0.3 is 20.3 Å². The van der Waals surface area contributed by atoms with Crippen molar-refractivity contribution < 1.29 is 24.5 Å². The zero-order valence-electron chi connectivity index (χ0n) is 51.4. The number of unbranched alkanes of at least 4 members (excludes halogenated alkanes) is 44. The van der Waals surface area contributed by atoms with Gasteiger partial charge in [0.2, 0.25) is 5.91 Å². The quantitative estimate of drug-likeness (QED) is 0.0320. The Balaban J connectivity index is 3.42. The summed E-state index contributed by atoms with van der Waals surface area (Å²) in [5.41, 5.74) is 0. The average Bonchev–Trinajstić information content (AvgIpc) is 3.43. The van der Waals surface area contributed by atoms with Crippen LogP contribution >= 0.6 is 0 Å². The van der Waals surface area contributed by atoms with E-state index >= 15 is 0 Å². The molecular formula is C71H131NO5. The first-order valence-corrected chi connectivity index (χ1v) is 34.1. The minimum atomic E-state index is -0.846. The molecule has 0 radical (unpaired) electrons. The lowest BCUT2D eigenvalue weighted by molar-refractivity contribution is -0.143. The van der Waals surface area contributed by atoms with Gasteiger partial charge in [0.25, 0.3) is 0 Å². The summed E-state index contributed by atoms with van der Waals surface area (Å²) in [6.07, 6.45) is 87.1. The van der Waals surface area contributed by atoms with Crippen LogP contribution in [0, 0.1) is 0 Å². The maximum Gasteiger partial charge on any atom is 0.305 e. The fraction of sp³-hybridized carbons (Fsp3) is 0.831. The smallest absolute Gasteiger partial charge is 0.305 e. The summed E-state index contributed by atoms with van der Waals surface area (Å²) in [4.78, 5) is 24.6. The van der Waals surface area contributed by atoms with Crippen LogP contribution in [-0.4, -0.2) is 47.4 Å². The maximum absolute atomic E-state index is 12.5. The van der Waals surface area contributed by atoms with Gasteiger partial charge in [0, 0.05) is 12.8 Å². The minimum absolute atomic E-state index is 0.00360. The lowest BCUT2D eigenvalue weighted by Crippen LogP contribution is -2.45. The molecule has 0 aromatic carbocycles. The van der Waals surface area contributed by atoms with Gasteiger partial charge in [-0.2, -0.15) is 0 Å². The van der Waals surface area contributed by atoms with Gasteiger partial charge in [-0.05, 0) is 96.3 Å². The number of aliphatic hydroxyl groups excluding tert-OH is 2. The van der Waals surface area contributed by atoms with Gasteiger partial charge >= 0.3 is 5.97 Å². The molecule has 0 heterocycles. The summed E-state index contributed by atoms with van der Waals surface area (Å²) in [5.74, 6) is -0.0649. The van der Waals surface area contributed by atoms with Crippen LogP contribution in [0.25, 0.3) is 0 Å². The van der Waals surface area contributed by atoms with Crippen molar-refractivity contribution in [1.82, 2.24) is 5.32 Å². The zero-order valence-corrected chi connectivity index (χ0v) is 51.4. The standard InChI is InChI=1S/C71H131NO5/c1-3-5-7-9-11-13-15-17-19-33-37-41-45-49-53-57-61-65-71(76)77-66-62-58-54-50-46-42-38-35-32-30-28-26-24-22-20-21-23-25-27-29-31-34-36-40-44-48-52-56-60-64-70(75)72-68(67-73)69(74)63-59-55-51-47-43-39-18-16-14-12-10-8-6-4-2/h11,13,17,19-20,22,26,28,59,63,68-69,73-74H,3-10,12,14-16,18,21,23-25,27,29-58,60-62,64-67H2,1-2H3,(H,72,75)/b13-11-,19-17-,22-20-,28-26-,63-59+. The SMILES string of the molecule is CCCCC/C=C\C/C=C\CCCCCCCCCC(=O)OCCCCCCCCCCC/C=C\C/C=C\CCCCCCCCCCCCCCCC(=O)NC(CO)C(O)/C=C/CCCCCCCCCCCCCC. The molecule has 0 fully saturated rings. The largest absolute Gasteiger partial charge is 0.466 e. The Hall–Kier alpha value is -2.44. The van der Waals surface area contributed by atoms with Crippen molar-refractivity contribution in [3.8, 4) is 0 Å². The highest BCUT2D eigenvalue weighted by Gasteiger charge is 2.18. The molecule has 0 aliphatic rings. The number of aliphatic hydroxyl groups is 2. The third-order valence-electron chi connectivity index (χ3n) is 15.5. The summed E-state index contributed by atoms with van der Waals surface area (Å²) >= 11 is 0. The van der Waals surface area contributed by atoms with Crippen LogP contribution in [0.2, 0.25) is 0 Å². The normalized spacial score (nSPS) is 12.9. The fourth-order valence-corrected chi connectivity index (χ4v) is 10.3. The van der Waals surface area contributed by atoms with Crippen molar-refractivity contribution in [2.75, 3.05) is 13.2 Å². The zero-order chi connectivity index (χ0) is 55.7. The summed E-state index contributed by atoms with van der Waals surface area (Å²) < 4.78 is 5.49. The van der Waals surface area contributed by atoms with Crippen LogP contribution in [-0.2, 0) is 14.3 Å². The molecule has 0 saturated heterocycles. The van der Waals surface area contributed by atoms with E-state index in [1.165, 1.54) is 270 Å². The van der Waals surface area contributed by atoms with Gasteiger partial charge in [0.05, 0.1) is 25.4 Å². The molecule has 3 N–H and O–H groups in total. The summed E-state index contributed by atoms with van der Waals surface area (Å²) in [6.45, 7) is 4.88. The molecule has 0 aromatic heterocycles. The number of rotatable bonds is 63. The summed E-state index contributed by atoms with van der Waals surface area (Å²) in [7, 11) is 0. The Morgan fingerprint density at radius 1 is 0.364 bits per heavy atom. The van der Waals surface area contributed by atoms with Crippen molar-refractivity contribution in [1.29, 1.82) is 0 Å². The molecule has 6 heteroatoms. The second-order valence-electron chi connectivity index (χ2n) is 23.1. The van der Waals surface area contributed by atoms with E-state index in [1.807, 2.05) is 6.08 Å². The minimum Gasteiger partial charge on any atom is -0.466 e. The van der Waals surface area contributed by atoms with Gasteiger partial charge in [-0.25, -0.2) is 0 Å². The lowest BCUT2D eigenvalue weighted by Gasteiger charge is -2.20. The molecule has 2 atom stereocenters. The van der Waals surface area contributed by atoms with E-state index in [2.05, 4.69) is 67.8 Å². The van der Waals surface area contributed by atoms with Crippen molar-refractivity contribution in [3.63, 3.8) is 0 Å². The van der Waals surface area contributed by atoms with E-state index in [0.717, 1.165) is 57.8 Å². The average molecular weight is 1080 g/mol. The fourth-order valence-electron chi connectivity index (χ4n) is 10.3. The summed E-state index contributed by atoms with van der Waals surface area (Å²) in [6, 6.07) is -0.629. The first-order valence-electron chi connectivity index (χ1n) is 34.1. The topological polar surface area (TPSA) is 95.9 Å². The van der Waals surface area contributed by atoms with Gasteiger partial charge in [0.1, 0.15) is 0 Å². The third-order valence-corrected chi connectivity index (χ3v) is 15.5. The van der Waals surface area contributed by atoms with Crippen molar-refractivity contribution in [3.05, 3.63) is 60.8 Å². The van der Waals surface area contributed by atoms with Gasteiger partial charge in [-0.15, -0.1) is 0 Å². The van der Waals surface area contributed by atoms with Crippen LogP contribution in [0.5, 0.6) is 0 Å². The number of amides is 1. The van der Waals surface area contributed by atoms with E-state index < -0.39 is 12.1 Å². The van der Waals surface area contributed by atoms with E-state index in [1.54, 1.807) is 6.08 Å². The van der Waals surface area contributed by atoms with Gasteiger partial charge in [-0.3, -0.25) is 9.59 Å². The Kier molecular flexibility index (Phi) is 64.0. The van der Waals surface area contributed by atoms with E-state index in [4.69, 9.17) is 4.74 Å². The molecule has 0 rings (SSSR count). The monoisotopic (exact) mass is 1080 g/mol. The molecule has 6 nitrogen and oxygen atoms in total. The Morgan fingerprint density at radius 3 is 1.01 bits per heavy atom. The number of ether oxygens (including phenoxy) is 1. The van der Waals surface area contributed by atoms with E-state index in [0.29, 0.717) is 19.4 Å². The molecule has 0 spiro atoms. The number of esters is 1. The molecule has 2 unspecified atom stereocenters. The van der Waals surface area contributed by atoms with E-state index in [9.17, 15) is 19.8 Å². The molecule has 1 amide bonds. The van der Waals surface area contributed by atoms with E-state index in [-0.39, 0.29) is 18.5 Å². The Bertz CT molecular complexity index is 1340. The first kappa shape index (κ1) is 74.6. The molecule has 0 aliphatic carbocycles. The van der Waals surface area contributed by atoms with Crippen molar-refractivity contribution in [2.45, 2.75) is 366 Å². The van der Waals surface area contributed by atoms with Crippen LogP contribution in [0.1, 0.15) is 354 Å². The van der Waals surface area contributed by atoms with Crippen LogP contribution in [0.4, 0.5) is 0 Å². The molecule has 0 aromatic rings. The number of hydrogen-bond acceptors (Lipinski definition) is 5. The van der Waals surface area contributed by atoms with Crippen molar-refractivity contribution in [2.24, 2.45) is 0 Å². The number of hydrogen-bond donors (Lipinski definition) is 3. The maximum atomic E-state index is 12.5. The summed E-state index contributed by atoms with van der Waals surface area (Å²) in [5, 5.41) is 23.1. The molecule has 450 valence electrons. The van der Waals surface area contributed by atoms with Crippen molar-refractivity contribution >= 4 is 11.9 Å². The highest BCUT2D eigenvalue weighted by Crippen LogP contribution is 2.17. The third kappa shape index (κ3) is 62.6. The predicted octanol–water partition coefficient (Wildman–Crippen LogP) is 21.9. The molecular weight excluding hydrogens is 947 g/mol. The Labute approximate surface area is 479 Å². The Morgan fingerprint density at radius 2 is 0.649 bits per heavy atom. The lowest BCUT2D eigenvalue weighted by atomic mass is 10.0.